The van der Waals surface area contributed by atoms with Crippen LogP contribution in [-0.4, -0.2) is 16.4 Å². The molecule has 0 aliphatic heterocycles. The highest BCUT2D eigenvalue weighted by Gasteiger charge is 2.36. The molecule has 0 aromatic heterocycles. The van der Waals surface area contributed by atoms with Crippen LogP contribution in [0, 0.1) is 5.92 Å². The summed E-state index contributed by atoms with van der Waals surface area (Å²) in [5, 5.41) is 3.08. The van der Waals surface area contributed by atoms with Gasteiger partial charge in [-0.25, -0.2) is 0 Å². The quantitative estimate of drug-likeness (QED) is 0.743. The van der Waals surface area contributed by atoms with E-state index in [1.807, 2.05) is 0 Å². The predicted octanol–water partition coefficient (Wildman–Crippen LogP) is 2.53. The third-order valence-corrected chi connectivity index (χ3v) is 3.90. The Bertz CT molecular complexity index is 283. The number of carbonyl (C=O) groups is 1. The van der Waals surface area contributed by atoms with Gasteiger partial charge in [0.05, 0.1) is 10.5 Å². The second kappa shape index (κ2) is 6.34. The van der Waals surface area contributed by atoms with E-state index in [0.29, 0.717) is 17.3 Å². The second-order valence-electron chi connectivity index (χ2n) is 5.49. The summed E-state index contributed by atoms with van der Waals surface area (Å²) in [4.78, 5) is 12.4. The minimum absolute atomic E-state index is 0.0911. The molecule has 0 aromatic carbocycles. The van der Waals surface area contributed by atoms with Crippen molar-refractivity contribution in [3.63, 3.8) is 0 Å². The summed E-state index contributed by atoms with van der Waals surface area (Å²) < 4.78 is 0. The van der Waals surface area contributed by atoms with Crippen LogP contribution in [0.3, 0.4) is 0 Å². The molecule has 1 rings (SSSR count). The molecule has 1 aliphatic carbocycles. The summed E-state index contributed by atoms with van der Waals surface area (Å²) in [6, 6.07) is 0. The maximum atomic E-state index is 11.9. The van der Waals surface area contributed by atoms with Gasteiger partial charge in [-0.15, -0.1) is 0 Å². The highest BCUT2D eigenvalue weighted by atomic mass is 32.1. The molecule has 0 aromatic rings. The van der Waals surface area contributed by atoms with Gasteiger partial charge in [0.25, 0.3) is 0 Å². The standard InChI is InChI=1S/C13H24N2OS/c1-10(2)6-7-11(16)15-13(12(14)17)8-4-3-5-9-13/h10H,3-9H2,1-2H3,(H2,14,17)(H,15,16). The van der Waals surface area contributed by atoms with E-state index in [1.165, 1.54) is 6.42 Å². The average Bonchev–Trinajstić information content (AvgIpc) is 2.27. The van der Waals surface area contributed by atoms with Crippen LogP contribution in [0.5, 0.6) is 0 Å². The van der Waals surface area contributed by atoms with Gasteiger partial charge >= 0.3 is 0 Å². The number of hydrogen-bond donors (Lipinski definition) is 2. The van der Waals surface area contributed by atoms with Crippen LogP contribution in [0.2, 0.25) is 0 Å². The third kappa shape index (κ3) is 4.26. The molecule has 0 heterocycles. The average molecular weight is 256 g/mol. The molecule has 0 spiro atoms. The van der Waals surface area contributed by atoms with Gasteiger partial charge in [-0.3, -0.25) is 4.79 Å². The Morgan fingerprint density at radius 3 is 2.41 bits per heavy atom. The van der Waals surface area contributed by atoms with Crippen LogP contribution in [0.1, 0.15) is 58.8 Å². The van der Waals surface area contributed by atoms with Crippen molar-refractivity contribution in [2.45, 2.75) is 64.3 Å². The molecule has 1 amide bonds. The summed E-state index contributed by atoms with van der Waals surface area (Å²) in [5.41, 5.74) is 5.42. The van der Waals surface area contributed by atoms with Crippen LogP contribution in [0.4, 0.5) is 0 Å². The molecular formula is C13H24N2OS. The molecule has 0 unspecified atom stereocenters. The van der Waals surface area contributed by atoms with E-state index in [0.717, 1.165) is 32.1 Å². The zero-order valence-electron chi connectivity index (χ0n) is 10.9. The zero-order valence-corrected chi connectivity index (χ0v) is 11.7. The van der Waals surface area contributed by atoms with Gasteiger partial charge in [0, 0.05) is 6.42 Å². The first-order valence-electron chi connectivity index (χ1n) is 6.57. The molecule has 4 heteroatoms. The van der Waals surface area contributed by atoms with Crippen molar-refractivity contribution in [1.29, 1.82) is 0 Å². The Morgan fingerprint density at radius 1 is 1.35 bits per heavy atom. The topological polar surface area (TPSA) is 55.1 Å². The lowest BCUT2D eigenvalue weighted by atomic mass is 9.81. The lowest BCUT2D eigenvalue weighted by Crippen LogP contribution is -2.57. The van der Waals surface area contributed by atoms with E-state index in [1.54, 1.807) is 0 Å². The molecule has 0 saturated heterocycles. The molecule has 1 aliphatic rings. The van der Waals surface area contributed by atoms with E-state index in [9.17, 15) is 4.79 Å². The first-order chi connectivity index (χ1) is 7.96. The van der Waals surface area contributed by atoms with Crippen molar-refractivity contribution >= 4 is 23.1 Å². The molecule has 0 atom stereocenters. The number of rotatable bonds is 5. The Hall–Kier alpha value is -0.640. The second-order valence-corrected chi connectivity index (χ2v) is 5.93. The van der Waals surface area contributed by atoms with Gasteiger partial charge in [0.2, 0.25) is 5.91 Å². The number of nitrogens with one attached hydrogen (secondary N) is 1. The predicted molar refractivity (Wildman–Crippen MR) is 74.8 cm³/mol. The van der Waals surface area contributed by atoms with E-state index < -0.39 is 5.54 Å². The van der Waals surface area contributed by atoms with Gasteiger partial charge in [-0.05, 0) is 25.2 Å². The van der Waals surface area contributed by atoms with Crippen LogP contribution < -0.4 is 11.1 Å². The first-order valence-corrected chi connectivity index (χ1v) is 6.98. The monoisotopic (exact) mass is 256 g/mol. The van der Waals surface area contributed by atoms with E-state index in [4.69, 9.17) is 18.0 Å². The Balaban J connectivity index is 2.54. The highest BCUT2D eigenvalue weighted by Crippen LogP contribution is 2.28. The first kappa shape index (κ1) is 14.4. The fourth-order valence-corrected chi connectivity index (χ4v) is 2.59. The molecule has 17 heavy (non-hydrogen) atoms. The molecule has 98 valence electrons. The van der Waals surface area contributed by atoms with Gasteiger partial charge in [0.15, 0.2) is 0 Å². The summed E-state index contributed by atoms with van der Waals surface area (Å²) in [5.74, 6) is 0.640. The summed E-state index contributed by atoms with van der Waals surface area (Å²) in [6.45, 7) is 4.24. The summed E-state index contributed by atoms with van der Waals surface area (Å²) in [6.07, 6.45) is 6.70. The zero-order chi connectivity index (χ0) is 12.9. The van der Waals surface area contributed by atoms with Gasteiger partial charge in [0.1, 0.15) is 0 Å². The van der Waals surface area contributed by atoms with Crippen molar-refractivity contribution in [3.8, 4) is 0 Å². The van der Waals surface area contributed by atoms with Crippen molar-refractivity contribution in [2.75, 3.05) is 0 Å². The number of hydrogen-bond acceptors (Lipinski definition) is 2. The molecule has 0 radical (unpaired) electrons. The van der Waals surface area contributed by atoms with Crippen molar-refractivity contribution in [1.82, 2.24) is 5.32 Å². The lowest BCUT2D eigenvalue weighted by Gasteiger charge is -2.37. The van der Waals surface area contributed by atoms with Crippen LogP contribution in [-0.2, 0) is 4.79 Å². The lowest BCUT2D eigenvalue weighted by molar-refractivity contribution is -0.122. The van der Waals surface area contributed by atoms with Crippen molar-refractivity contribution in [3.05, 3.63) is 0 Å². The molecule has 3 N–H and O–H groups in total. The molecular weight excluding hydrogens is 232 g/mol. The fraction of sp³-hybridized carbons (Fsp3) is 0.846. The van der Waals surface area contributed by atoms with Crippen molar-refractivity contribution in [2.24, 2.45) is 11.7 Å². The third-order valence-electron chi connectivity index (χ3n) is 3.51. The van der Waals surface area contributed by atoms with E-state index in [-0.39, 0.29) is 5.91 Å². The molecule has 0 bridgehead atoms. The fourth-order valence-electron chi connectivity index (χ4n) is 2.34. The largest absolute Gasteiger partial charge is 0.391 e. The molecule has 3 nitrogen and oxygen atoms in total. The number of nitrogens with two attached hydrogens (primary N) is 1. The smallest absolute Gasteiger partial charge is 0.220 e. The normalized spacial score (nSPS) is 19.0. The van der Waals surface area contributed by atoms with Crippen LogP contribution in [0.15, 0.2) is 0 Å². The van der Waals surface area contributed by atoms with Gasteiger partial charge < -0.3 is 11.1 Å². The minimum atomic E-state index is -0.401. The van der Waals surface area contributed by atoms with Crippen molar-refractivity contribution < 1.29 is 4.79 Å². The SMILES string of the molecule is CC(C)CCC(=O)NC1(C(N)=S)CCCCC1. The van der Waals surface area contributed by atoms with Gasteiger partial charge in [-0.2, -0.15) is 0 Å². The minimum Gasteiger partial charge on any atom is -0.391 e. The van der Waals surface area contributed by atoms with Crippen LogP contribution in [0.25, 0.3) is 0 Å². The van der Waals surface area contributed by atoms with E-state index >= 15 is 0 Å². The maximum absolute atomic E-state index is 11.9. The van der Waals surface area contributed by atoms with E-state index in [2.05, 4.69) is 19.2 Å². The maximum Gasteiger partial charge on any atom is 0.220 e. The number of amides is 1. The Kier molecular flexibility index (Phi) is 5.37. The number of thiocarbonyl (C=S) groups is 1. The summed E-state index contributed by atoms with van der Waals surface area (Å²) >= 11 is 5.14. The molecule has 1 saturated carbocycles. The summed E-state index contributed by atoms with van der Waals surface area (Å²) in [7, 11) is 0. The Labute approximate surface area is 110 Å². The van der Waals surface area contributed by atoms with Crippen LogP contribution >= 0.6 is 12.2 Å². The molecule has 1 fully saturated rings. The number of carbonyl (C=O) groups excluding carboxylic acids is 1. The highest BCUT2D eigenvalue weighted by molar-refractivity contribution is 7.80. The Morgan fingerprint density at radius 2 is 1.94 bits per heavy atom. The van der Waals surface area contributed by atoms with Gasteiger partial charge in [-0.1, -0.05) is 45.3 Å².